The van der Waals surface area contributed by atoms with Crippen molar-refractivity contribution in [1.29, 1.82) is 0 Å². The number of hydrogen-bond acceptors (Lipinski definition) is 8. The van der Waals surface area contributed by atoms with E-state index in [0.29, 0.717) is 40.5 Å². The molecule has 1 aliphatic heterocycles. The van der Waals surface area contributed by atoms with Crippen LogP contribution in [0.25, 0.3) is 0 Å². The molecule has 172 valence electrons. The minimum atomic E-state index is -0.527. The number of aromatic nitrogens is 3. The van der Waals surface area contributed by atoms with Gasteiger partial charge in [-0.05, 0) is 37.5 Å². The van der Waals surface area contributed by atoms with Crippen molar-refractivity contribution in [2.45, 2.75) is 44.8 Å². The first-order valence-corrected chi connectivity index (χ1v) is 11.7. The normalized spacial score (nSPS) is 15.1. The monoisotopic (exact) mass is 458 g/mol. The number of rotatable bonds is 11. The number of ether oxygens (including phenoxy) is 3. The number of nitrogens with one attached hydrogen (secondary N) is 1. The van der Waals surface area contributed by atoms with Crippen molar-refractivity contribution in [3.8, 4) is 11.5 Å². The van der Waals surface area contributed by atoms with Gasteiger partial charge in [0.25, 0.3) is 0 Å². The lowest BCUT2D eigenvalue weighted by Crippen LogP contribution is -2.29. The van der Waals surface area contributed by atoms with Gasteiger partial charge in [0, 0.05) is 11.4 Å². The van der Waals surface area contributed by atoms with Crippen molar-refractivity contribution in [2.75, 3.05) is 31.4 Å². The van der Waals surface area contributed by atoms with Crippen LogP contribution in [0.15, 0.2) is 47.3 Å². The second-order valence-corrected chi connectivity index (χ2v) is 8.29. The van der Waals surface area contributed by atoms with E-state index >= 15 is 0 Å². The van der Waals surface area contributed by atoms with Crippen LogP contribution < -0.4 is 14.8 Å². The molecule has 8 nitrogen and oxygen atoms in total. The molecule has 1 N–H and O–H groups in total. The summed E-state index contributed by atoms with van der Waals surface area (Å²) in [6, 6.07) is 5.12. The molecule has 3 rings (SSSR count). The van der Waals surface area contributed by atoms with Crippen molar-refractivity contribution in [2.24, 2.45) is 0 Å². The fourth-order valence-electron chi connectivity index (χ4n) is 3.36. The molecular formula is C23H30N4O4S. The second kappa shape index (κ2) is 11.1. The Morgan fingerprint density at radius 2 is 2.12 bits per heavy atom. The number of nitrogens with zero attached hydrogens (tertiary/aromatic N) is 3. The largest absolute Gasteiger partial charge is 0.493 e. The van der Waals surface area contributed by atoms with Crippen molar-refractivity contribution in [1.82, 2.24) is 14.8 Å². The minimum Gasteiger partial charge on any atom is -0.493 e. The molecule has 1 aromatic heterocycles. The minimum absolute atomic E-state index is 0.122. The number of anilines is 1. The molecule has 2 heterocycles. The first-order chi connectivity index (χ1) is 15.5. The molecule has 0 saturated heterocycles. The maximum Gasteiger partial charge on any atom is 0.338 e. The molecule has 0 amide bonds. The molecule has 0 spiro atoms. The SMILES string of the molecule is C=CCOC(=O)C1=C(C)Nc2nc(SCCC)nn2C1c1ccc(OCCC)c(OC)c1. The maximum atomic E-state index is 13.0. The summed E-state index contributed by atoms with van der Waals surface area (Å²) in [5, 5.41) is 8.55. The van der Waals surface area contributed by atoms with Crippen LogP contribution in [0, 0.1) is 0 Å². The Bertz CT molecular complexity index is 1000. The third kappa shape index (κ3) is 5.09. The van der Waals surface area contributed by atoms with Gasteiger partial charge in [0.15, 0.2) is 11.5 Å². The van der Waals surface area contributed by atoms with Crippen molar-refractivity contribution in [3.63, 3.8) is 0 Å². The van der Waals surface area contributed by atoms with Gasteiger partial charge >= 0.3 is 5.97 Å². The van der Waals surface area contributed by atoms with Gasteiger partial charge < -0.3 is 19.5 Å². The summed E-state index contributed by atoms with van der Waals surface area (Å²) in [6.07, 6.45) is 3.45. The Morgan fingerprint density at radius 3 is 2.81 bits per heavy atom. The lowest BCUT2D eigenvalue weighted by atomic mass is 9.95. The number of carbonyl (C=O) groups is 1. The predicted molar refractivity (Wildman–Crippen MR) is 125 cm³/mol. The molecule has 0 aliphatic carbocycles. The van der Waals surface area contributed by atoms with Crippen molar-refractivity contribution in [3.05, 3.63) is 47.7 Å². The van der Waals surface area contributed by atoms with E-state index in [9.17, 15) is 4.79 Å². The highest BCUT2D eigenvalue weighted by Crippen LogP contribution is 2.39. The van der Waals surface area contributed by atoms with Crippen LogP contribution in [0.1, 0.15) is 45.2 Å². The number of esters is 1. The summed E-state index contributed by atoms with van der Waals surface area (Å²) < 4.78 is 18.5. The topological polar surface area (TPSA) is 87.5 Å². The lowest BCUT2D eigenvalue weighted by Gasteiger charge is -2.28. The molecular weight excluding hydrogens is 428 g/mol. The Kier molecular flexibility index (Phi) is 8.21. The van der Waals surface area contributed by atoms with E-state index in [2.05, 4.69) is 23.8 Å². The molecule has 1 aliphatic rings. The molecule has 1 unspecified atom stereocenters. The third-order valence-corrected chi connectivity index (χ3v) is 5.83. The van der Waals surface area contributed by atoms with Gasteiger partial charge in [0.2, 0.25) is 11.1 Å². The third-order valence-electron chi connectivity index (χ3n) is 4.79. The van der Waals surface area contributed by atoms with Crippen molar-refractivity contribution >= 4 is 23.7 Å². The molecule has 9 heteroatoms. The van der Waals surface area contributed by atoms with Gasteiger partial charge in [-0.2, -0.15) is 4.98 Å². The fraction of sp³-hybridized carbons (Fsp3) is 0.435. The average molecular weight is 459 g/mol. The van der Waals surface area contributed by atoms with E-state index in [1.807, 2.05) is 32.0 Å². The van der Waals surface area contributed by atoms with E-state index in [-0.39, 0.29) is 6.61 Å². The summed E-state index contributed by atoms with van der Waals surface area (Å²) in [5.74, 6) is 2.30. The summed E-state index contributed by atoms with van der Waals surface area (Å²) in [4.78, 5) is 17.6. The van der Waals surface area contributed by atoms with Gasteiger partial charge in [-0.15, -0.1) is 5.10 Å². The standard InChI is InChI=1S/C23H30N4O4S/c1-6-11-30-17-10-9-16(14-18(17)29-5)20-19(21(28)31-12-7-2)15(4)24-22-25-23(26-27(20)22)32-13-8-3/h7,9-10,14,20H,2,6,8,11-13H2,1,3-5H3,(H,24,25,26). The number of hydrogen-bond donors (Lipinski definition) is 1. The number of methoxy groups -OCH3 is 1. The van der Waals surface area contributed by atoms with Crippen LogP contribution >= 0.6 is 11.8 Å². The molecule has 1 atom stereocenters. The molecule has 2 aromatic rings. The highest BCUT2D eigenvalue weighted by molar-refractivity contribution is 7.99. The average Bonchev–Trinajstić information content (AvgIpc) is 3.21. The van der Waals surface area contributed by atoms with Crippen LogP contribution in [0.5, 0.6) is 11.5 Å². The van der Waals surface area contributed by atoms with Crippen molar-refractivity contribution < 1.29 is 19.0 Å². The van der Waals surface area contributed by atoms with Crippen LogP contribution in [0.2, 0.25) is 0 Å². The van der Waals surface area contributed by atoms with E-state index in [1.165, 1.54) is 0 Å². The summed E-state index contributed by atoms with van der Waals surface area (Å²) in [5.41, 5.74) is 1.94. The van der Waals surface area contributed by atoms with Gasteiger partial charge in [0.1, 0.15) is 12.6 Å². The van der Waals surface area contributed by atoms with Crippen LogP contribution in [0.3, 0.4) is 0 Å². The number of fused-ring (bicyclic) bond motifs is 1. The fourth-order valence-corrected chi connectivity index (χ4v) is 4.04. The maximum absolute atomic E-state index is 13.0. The number of carbonyl (C=O) groups excluding carboxylic acids is 1. The Balaban J connectivity index is 2.08. The molecule has 0 saturated carbocycles. The summed E-state index contributed by atoms with van der Waals surface area (Å²) in [6.45, 7) is 10.3. The zero-order valence-electron chi connectivity index (χ0n) is 19.0. The van der Waals surface area contributed by atoms with Gasteiger partial charge in [-0.3, -0.25) is 0 Å². The van der Waals surface area contributed by atoms with E-state index in [4.69, 9.17) is 19.3 Å². The summed E-state index contributed by atoms with van der Waals surface area (Å²) in [7, 11) is 1.60. The number of benzene rings is 1. The molecule has 0 fully saturated rings. The zero-order valence-corrected chi connectivity index (χ0v) is 19.8. The highest BCUT2D eigenvalue weighted by atomic mass is 32.2. The van der Waals surface area contributed by atoms with E-state index in [0.717, 1.165) is 24.2 Å². The van der Waals surface area contributed by atoms with Crippen LogP contribution in [-0.2, 0) is 9.53 Å². The van der Waals surface area contributed by atoms with Crippen LogP contribution in [-0.4, -0.2) is 46.8 Å². The molecule has 1 aromatic carbocycles. The number of allylic oxidation sites excluding steroid dienone is 1. The smallest absolute Gasteiger partial charge is 0.338 e. The predicted octanol–water partition coefficient (Wildman–Crippen LogP) is 4.60. The van der Waals surface area contributed by atoms with E-state index in [1.54, 1.807) is 29.6 Å². The van der Waals surface area contributed by atoms with Crippen LogP contribution in [0.4, 0.5) is 5.95 Å². The Morgan fingerprint density at radius 1 is 1.31 bits per heavy atom. The van der Waals surface area contributed by atoms with E-state index < -0.39 is 12.0 Å². The molecule has 0 bridgehead atoms. The Hall–Kier alpha value is -2.94. The van der Waals surface area contributed by atoms with Gasteiger partial charge in [-0.25, -0.2) is 9.48 Å². The second-order valence-electron chi connectivity index (χ2n) is 7.22. The first-order valence-electron chi connectivity index (χ1n) is 10.7. The first kappa shape index (κ1) is 23.7. The van der Waals surface area contributed by atoms with Gasteiger partial charge in [-0.1, -0.05) is 44.3 Å². The lowest BCUT2D eigenvalue weighted by molar-refractivity contribution is -0.138. The Labute approximate surface area is 193 Å². The highest BCUT2D eigenvalue weighted by Gasteiger charge is 2.35. The summed E-state index contributed by atoms with van der Waals surface area (Å²) >= 11 is 1.58. The molecule has 32 heavy (non-hydrogen) atoms. The number of thioether (sulfide) groups is 1. The quantitative estimate of drug-likeness (QED) is 0.297. The van der Waals surface area contributed by atoms with Gasteiger partial charge in [0.05, 0.1) is 19.3 Å². The zero-order chi connectivity index (χ0) is 23.1. The molecule has 0 radical (unpaired) electrons.